The Hall–Kier alpha value is -1.33. The highest BCUT2D eigenvalue weighted by molar-refractivity contribution is 5.85. The molecule has 0 amide bonds. The topological polar surface area (TPSA) is 87.6 Å². The SMILES string of the molecule is CCCCCCCC/C=C\CCCCCCCC(=O)OC(C)(OC(=O)CCCCCCC/C=C\CCCCCCCC)C(C)(C)C.Cl.N. The summed E-state index contributed by atoms with van der Waals surface area (Å²) in [7, 11) is 0. The molecule has 0 aromatic carbocycles. The van der Waals surface area contributed by atoms with Crippen LogP contribution in [-0.4, -0.2) is 17.7 Å². The Bertz CT molecular complexity index is 720. The lowest BCUT2D eigenvalue weighted by molar-refractivity contribution is -0.256. The fourth-order valence-corrected chi connectivity index (χ4v) is 5.54. The summed E-state index contributed by atoms with van der Waals surface area (Å²) >= 11 is 0. The van der Waals surface area contributed by atoms with Gasteiger partial charge in [-0.1, -0.05) is 162 Å². The van der Waals surface area contributed by atoms with Crippen LogP contribution >= 0.6 is 12.4 Å². The lowest BCUT2D eigenvalue weighted by Crippen LogP contribution is -2.48. The van der Waals surface area contributed by atoms with E-state index in [1.165, 1.54) is 116 Å². The second-order valence-corrected chi connectivity index (χ2v) is 14.8. The summed E-state index contributed by atoms with van der Waals surface area (Å²) in [5.74, 6) is -1.81. The van der Waals surface area contributed by atoms with Gasteiger partial charge in [-0.2, -0.15) is 0 Å². The number of hydrogen-bond acceptors (Lipinski definition) is 5. The van der Waals surface area contributed by atoms with E-state index < -0.39 is 11.2 Å². The van der Waals surface area contributed by atoms with Gasteiger partial charge >= 0.3 is 11.9 Å². The first-order valence-electron chi connectivity index (χ1n) is 19.9. The average Bonchev–Trinajstić information content (AvgIpc) is 3.00. The molecule has 0 saturated heterocycles. The van der Waals surface area contributed by atoms with Crippen LogP contribution in [0.4, 0.5) is 0 Å². The molecule has 286 valence electrons. The van der Waals surface area contributed by atoms with E-state index in [9.17, 15) is 9.59 Å². The molecule has 0 aromatic heterocycles. The predicted molar refractivity (Wildman–Crippen MR) is 211 cm³/mol. The Morgan fingerprint density at radius 3 is 0.958 bits per heavy atom. The van der Waals surface area contributed by atoms with E-state index in [0.717, 1.165) is 51.4 Å². The van der Waals surface area contributed by atoms with Gasteiger partial charge < -0.3 is 15.6 Å². The molecule has 3 N–H and O–H groups in total. The van der Waals surface area contributed by atoms with Crippen molar-refractivity contribution >= 4 is 24.3 Å². The van der Waals surface area contributed by atoms with Gasteiger partial charge in [0.1, 0.15) is 0 Å². The second-order valence-electron chi connectivity index (χ2n) is 14.8. The number of ether oxygens (including phenoxy) is 2. The van der Waals surface area contributed by atoms with Crippen molar-refractivity contribution in [1.82, 2.24) is 6.15 Å². The molecule has 0 unspecified atom stereocenters. The minimum absolute atomic E-state index is 0. The molecule has 0 spiro atoms. The zero-order valence-corrected chi connectivity index (χ0v) is 33.7. The van der Waals surface area contributed by atoms with Crippen molar-refractivity contribution in [3.8, 4) is 0 Å². The molecule has 0 fully saturated rings. The molecule has 0 rings (SSSR count). The molecule has 0 radical (unpaired) electrons. The molecule has 0 heterocycles. The van der Waals surface area contributed by atoms with Crippen LogP contribution in [0.2, 0.25) is 0 Å². The number of halogens is 1. The van der Waals surface area contributed by atoms with Crippen LogP contribution in [0.5, 0.6) is 0 Å². The van der Waals surface area contributed by atoms with Gasteiger partial charge in [-0.25, -0.2) is 0 Å². The molecular formula is C42H82ClNO4. The van der Waals surface area contributed by atoms with E-state index in [1.54, 1.807) is 6.92 Å². The fourth-order valence-electron chi connectivity index (χ4n) is 5.54. The Kier molecular flexibility index (Phi) is 37.7. The first-order chi connectivity index (χ1) is 22.2. The molecule has 0 atom stereocenters. The van der Waals surface area contributed by atoms with Gasteiger partial charge in [0.2, 0.25) is 0 Å². The zero-order valence-electron chi connectivity index (χ0n) is 32.9. The smallest absolute Gasteiger partial charge is 0.309 e. The minimum atomic E-state index is -1.26. The lowest BCUT2D eigenvalue weighted by atomic mass is 9.86. The minimum Gasteiger partial charge on any atom is -0.422 e. The Balaban J connectivity index is -0.0000101. The maximum atomic E-state index is 12.7. The van der Waals surface area contributed by atoms with Crippen LogP contribution in [0, 0.1) is 5.41 Å². The highest BCUT2D eigenvalue weighted by Gasteiger charge is 2.45. The number of hydrogen-bond donors (Lipinski definition) is 1. The van der Waals surface area contributed by atoms with E-state index in [4.69, 9.17) is 9.47 Å². The Labute approximate surface area is 305 Å². The number of allylic oxidation sites excluding steroid dienone is 4. The monoisotopic (exact) mass is 700 g/mol. The van der Waals surface area contributed by atoms with Crippen LogP contribution in [0.1, 0.15) is 221 Å². The summed E-state index contributed by atoms with van der Waals surface area (Å²) in [6, 6.07) is 0. The maximum absolute atomic E-state index is 12.7. The molecule has 0 aliphatic carbocycles. The summed E-state index contributed by atoms with van der Waals surface area (Å²) in [6.07, 6.45) is 42.0. The third kappa shape index (κ3) is 31.9. The molecule has 5 nitrogen and oxygen atoms in total. The van der Waals surface area contributed by atoms with Crippen molar-refractivity contribution in [2.24, 2.45) is 5.41 Å². The number of carbonyl (C=O) groups is 2. The zero-order chi connectivity index (χ0) is 34.2. The predicted octanol–water partition coefficient (Wildman–Crippen LogP) is 14.5. The van der Waals surface area contributed by atoms with E-state index in [0.29, 0.717) is 12.8 Å². The molecule has 0 bridgehead atoms. The van der Waals surface area contributed by atoms with Gasteiger partial charge in [0, 0.05) is 25.2 Å². The number of unbranched alkanes of at least 4 members (excludes halogenated alkanes) is 22. The fraction of sp³-hybridized carbons (Fsp3) is 0.857. The van der Waals surface area contributed by atoms with Gasteiger partial charge in [0.25, 0.3) is 5.79 Å². The summed E-state index contributed by atoms with van der Waals surface area (Å²) in [5.41, 5.74) is -0.510. The van der Waals surface area contributed by atoms with Crippen molar-refractivity contribution in [2.45, 2.75) is 227 Å². The van der Waals surface area contributed by atoms with Gasteiger partial charge in [-0.15, -0.1) is 12.4 Å². The Morgan fingerprint density at radius 2 is 0.688 bits per heavy atom. The summed E-state index contributed by atoms with van der Waals surface area (Å²) in [5, 5.41) is 0. The van der Waals surface area contributed by atoms with Crippen molar-refractivity contribution in [3.63, 3.8) is 0 Å². The number of rotatable bonds is 32. The molecule has 0 saturated carbocycles. The van der Waals surface area contributed by atoms with Crippen LogP contribution in [0.3, 0.4) is 0 Å². The average molecular weight is 701 g/mol. The van der Waals surface area contributed by atoms with Gasteiger partial charge in [0.05, 0.1) is 0 Å². The quantitative estimate of drug-likeness (QED) is 0.0327. The van der Waals surface area contributed by atoms with Crippen LogP contribution in [-0.2, 0) is 19.1 Å². The van der Waals surface area contributed by atoms with Crippen molar-refractivity contribution in [1.29, 1.82) is 0 Å². The molecule has 6 heteroatoms. The van der Waals surface area contributed by atoms with Crippen LogP contribution in [0.25, 0.3) is 0 Å². The van der Waals surface area contributed by atoms with Gasteiger partial charge in [-0.3, -0.25) is 9.59 Å². The molecular weight excluding hydrogens is 618 g/mol. The Morgan fingerprint density at radius 1 is 0.438 bits per heavy atom. The van der Waals surface area contributed by atoms with E-state index >= 15 is 0 Å². The maximum Gasteiger partial charge on any atom is 0.309 e. The molecule has 0 aliphatic heterocycles. The van der Waals surface area contributed by atoms with Crippen molar-refractivity contribution < 1.29 is 19.1 Å². The lowest BCUT2D eigenvalue weighted by Gasteiger charge is -2.39. The standard InChI is InChI=1S/C42H78O4.ClH.H3N/c1-7-9-11-13-15-17-19-21-23-25-27-29-31-33-35-37-39(43)45-42(6,41(3,4)5)46-40(44)38-36-34-32-30-28-26-24-22-20-18-16-14-12-10-8-2;;/h21-24H,7-20,25-38H2,1-6H3;1H;1H3/b23-21-,24-22-;;. The summed E-state index contributed by atoms with van der Waals surface area (Å²) < 4.78 is 11.6. The largest absolute Gasteiger partial charge is 0.422 e. The van der Waals surface area contributed by atoms with E-state index in [-0.39, 0.29) is 30.5 Å². The third-order valence-corrected chi connectivity index (χ3v) is 9.26. The highest BCUT2D eigenvalue weighted by atomic mass is 35.5. The van der Waals surface area contributed by atoms with Gasteiger partial charge in [-0.05, 0) is 64.2 Å². The van der Waals surface area contributed by atoms with E-state index in [1.807, 2.05) is 20.8 Å². The first-order valence-corrected chi connectivity index (χ1v) is 19.9. The molecule has 0 aliphatic rings. The third-order valence-electron chi connectivity index (χ3n) is 9.26. The number of esters is 2. The van der Waals surface area contributed by atoms with Crippen LogP contribution < -0.4 is 6.15 Å². The summed E-state index contributed by atoms with van der Waals surface area (Å²) in [4.78, 5) is 25.4. The molecule has 0 aromatic rings. The summed E-state index contributed by atoms with van der Waals surface area (Å²) in [6.45, 7) is 12.1. The van der Waals surface area contributed by atoms with Crippen LogP contribution in [0.15, 0.2) is 24.3 Å². The highest BCUT2D eigenvalue weighted by Crippen LogP contribution is 2.36. The normalized spacial score (nSPS) is 11.9. The first kappa shape index (κ1) is 51.0. The number of carbonyl (C=O) groups excluding carboxylic acids is 2. The second kappa shape index (κ2) is 35.5. The van der Waals surface area contributed by atoms with E-state index in [2.05, 4.69) is 38.2 Å². The van der Waals surface area contributed by atoms with Gasteiger partial charge in [0.15, 0.2) is 0 Å². The molecule has 48 heavy (non-hydrogen) atoms. The van der Waals surface area contributed by atoms with Crippen molar-refractivity contribution in [2.75, 3.05) is 0 Å². The van der Waals surface area contributed by atoms with Crippen molar-refractivity contribution in [3.05, 3.63) is 24.3 Å².